The van der Waals surface area contributed by atoms with Crippen LogP contribution in [0.15, 0.2) is 23.1 Å². The second-order valence-corrected chi connectivity index (χ2v) is 3.59. The first-order chi connectivity index (χ1) is 6.20. The van der Waals surface area contributed by atoms with E-state index in [1.807, 2.05) is 13.0 Å². The van der Waals surface area contributed by atoms with Gasteiger partial charge in [0, 0.05) is 28.7 Å². The number of nitrogens with zero attached hydrogens (tertiary/aromatic N) is 2. The average Bonchev–Trinajstić information content (AvgIpc) is 2.15. The van der Waals surface area contributed by atoms with E-state index in [9.17, 15) is 0 Å². The van der Waals surface area contributed by atoms with Crippen molar-refractivity contribution in [1.29, 1.82) is 0 Å². The number of rotatable bonds is 0. The third-order valence-corrected chi connectivity index (χ3v) is 2.65. The Balaban J connectivity index is 2.97. The molecule has 0 aliphatic carbocycles. The zero-order valence-corrected chi connectivity index (χ0v) is 8.67. The van der Waals surface area contributed by atoms with Crippen molar-refractivity contribution in [3.8, 4) is 0 Å². The lowest BCUT2D eigenvalue weighted by Crippen LogP contribution is -1.96. The van der Waals surface area contributed by atoms with Gasteiger partial charge in [-0.2, -0.15) is 0 Å². The molecule has 2 rings (SSSR count). The van der Waals surface area contributed by atoms with Crippen LogP contribution in [0.3, 0.4) is 0 Å². The third-order valence-electron chi connectivity index (χ3n) is 2.05. The first-order valence-electron chi connectivity index (χ1n) is 3.85. The van der Waals surface area contributed by atoms with Gasteiger partial charge < -0.3 is 5.73 Å². The molecule has 0 saturated carbocycles. The lowest BCUT2D eigenvalue weighted by Gasteiger charge is -2.05. The molecule has 2 N–H and O–H groups in total. The van der Waals surface area contributed by atoms with Gasteiger partial charge in [0.25, 0.3) is 0 Å². The maximum absolute atomic E-state index is 5.72. The highest BCUT2D eigenvalue weighted by atomic mass is 79.9. The molecule has 66 valence electrons. The van der Waals surface area contributed by atoms with Crippen LogP contribution < -0.4 is 5.73 Å². The molecule has 3 nitrogen and oxygen atoms in total. The smallest absolute Gasteiger partial charge is 0.128 e. The van der Waals surface area contributed by atoms with Crippen LogP contribution in [0.5, 0.6) is 0 Å². The van der Waals surface area contributed by atoms with Gasteiger partial charge in [0.15, 0.2) is 0 Å². The highest BCUT2D eigenvalue weighted by Gasteiger charge is 2.05. The van der Waals surface area contributed by atoms with E-state index in [4.69, 9.17) is 5.73 Å². The number of anilines is 1. The van der Waals surface area contributed by atoms with Crippen molar-refractivity contribution >= 4 is 32.5 Å². The van der Waals surface area contributed by atoms with Gasteiger partial charge in [-0.1, -0.05) is 0 Å². The molecule has 0 saturated heterocycles. The summed E-state index contributed by atoms with van der Waals surface area (Å²) in [6, 6.07) is 1.92. The number of nitrogens with two attached hydrogens (primary N) is 1. The lowest BCUT2D eigenvalue weighted by molar-refractivity contribution is 1.26. The lowest BCUT2D eigenvalue weighted by atomic mass is 10.1. The third kappa shape index (κ3) is 1.27. The summed E-state index contributed by atoms with van der Waals surface area (Å²) >= 11 is 3.36. The van der Waals surface area contributed by atoms with Crippen LogP contribution in [0.1, 0.15) is 5.56 Å². The van der Waals surface area contributed by atoms with Crippen LogP contribution in [0, 0.1) is 6.92 Å². The summed E-state index contributed by atoms with van der Waals surface area (Å²) in [6.07, 6.45) is 3.54. The minimum atomic E-state index is 0.548. The van der Waals surface area contributed by atoms with E-state index in [1.165, 1.54) is 0 Å². The number of pyridine rings is 2. The Morgan fingerprint density at radius 2 is 2.15 bits per heavy atom. The Bertz CT molecular complexity index is 468. The monoisotopic (exact) mass is 237 g/mol. The molecule has 0 unspecified atom stereocenters. The molecule has 0 amide bonds. The van der Waals surface area contributed by atoms with Crippen LogP contribution in [0.25, 0.3) is 10.8 Å². The predicted molar refractivity (Wildman–Crippen MR) is 56.4 cm³/mol. The Hall–Kier alpha value is -1.16. The maximum atomic E-state index is 5.72. The molecule has 2 heterocycles. The van der Waals surface area contributed by atoms with Crippen LogP contribution in [0.2, 0.25) is 0 Å². The summed E-state index contributed by atoms with van der Waals surface area (Å²) < 4.78 is 0.771. The Morgan fingerprint density at radius 3 is 2.92 bits per heavy atom. The fourth-order valence-electron chi connectivity index (χ4n) is 1.26. The minimum absolute atomic E-state index is 0.548. The van der Waals surface area contributed by atoms with E-state index in [-0.39, 0.29) is 0 Å². The highest BCUT2D eigenvalue weighted by molar-refractivity contribution is 9.10. The topological polar surface area (TPSA) is 51.8 Å². The van der Waals surface area contributed by atoms with Crippen molar-refractivity contribution < 1.29 is 0 Å². The van der Waals surface area contributed by atoms with Gasteiger partial charge >= 0.3 is 0 Å². The molecule has 0 aliphatic rings. The summed E-state index contributed by atoms with van der Waals surface area (Å²) in [6.45, 7) is 1.94. The standard InChI is InChI=1S/C9H8BrN3/c1-5-7-4-12-3-2-6(7)8(10)13-9(5)11/h2-4H,1H3,(H2,11,13). The summed E-state index contributed by atoms with van der Waals surface area (Å²) in [4.78, 5) is 8.22. The molecule has 2 aromatic rings. The van der Waals surface area contributed by atoms with Gasteiger partial charge in [0.1, 0.15) is 10.4 Å². The molecule has 0 radical (unpaired) electrons. The van der Waals surface area contributed by atoms with Gasteiger partial charge in [0.05, 0.1) is 0 Å². The number of aryl methyl sites for hydroxylation is 1. The zero-order valence-electron chi connectivity index (χ0n) is 7.08. The predicted octanol–water partition coefficient (Wildman–Crippen LogP) is 2.28. The molecule has 0 atom stereocenters. The van der Waals surface area contributed by atoms with E-state index in [0.717, 1.165) is 20.9 Å². The first-order valence-corrected chi connectivity index (χ1v) is 4.64. The number of hydrogen-bond donors (Lipinski definition) is 1. The molecule has 2 aromatic heterocycles. The highest BCUT2D eigenvalue weighted by Crippen LogP contribution is 2.26. The van der Waals surface area contributed by atoms with Gasteiger partial charge in [-0.05, 0) is 28.9 Å². The minimum Gasteiger partial charge on any atom is -0.383 e. The van der Waals surface area contributed by atoms with Crippen molar-refractivity contribution in [2.24, 2.45) is 0 Å². The van der Waals surface area contributed by atoms with Crippen LogP contribution in [-0.2, 0) is 0 Å². The quantitative estimate of drug-likeness (QED) is 0.716. The Kier molecular flexibility index (Phi) is 1.92. The van der Waals surface area contributed by atoms with E-state index >= 15 is 0 Å². The molecular formula is C9H8BrN3. The summed E-state index contributed by atoms with van der Waals surface area (Å²) in [5.74, 6) is 0.548. The molecule has 0 aliphatic heterocycles. The molecule has 0 fully saturated rings. The van der Waals surface area contributed by atoms with Gasteiger partial charge in [-0.25, -0.2) is 4.98 Å². The molecule has 0 aromatic carbocycles. The molecule has 0 spiro atoms. The summed E-state index contributed by atoms with van der Waals surface area (Å²) in [7, 11) is 0. The van der Waals surface area contributed by atoms with Crippen molar-refractivity contribution in [1.82, 2.24) is 9.97 Å². The normalized spacial score (nSPS) is 10.6. The van der Waals surface area contributed by atoms with Crippen LogP contribution in [0.4, 0.5) is 5.82 Å². The van der Waals surface area contributed by atoms with Crippen LogP contribution in [-0.4, -0.2) is 9.97 Å². The van der Waals surface area contributed by atoms with Gasteiger partial charge in [-0.15, -0.1) is 0 Å². The Labute approximate surface area is 84.1 Å². The second-order valence-electron chi connectivity index (χ2n) is 2.83. The summed E-state index contributed by atoms with van der Waals surface area (Å²) in [5, 5.41) is 2.09. The number of halogens is 1. The van der Waals surface area contributed by atoms with Gasteiger partial charge in [0.2, 0.25) is 0 Å². The van der Waals surface area contributed by atoms with Crippen molar-refractivity contribution in [3.63, 3.8) is 0 Å². The Morgan fingerprint density at radius 1 is 1.38 bits per heavy atom. The fourth-order valence-corrected chi connectivity index (χ4v) is 1.80. The van der Waals surface area contributed by atoms with Crippen molar-refractivity contribution in [3.05, 3.63) is 28.6 Å². The van der Waals surface area contributed by atoms with Crippen molar-refractivity contribution in [2.75, 3.05) is 5.73 Å². The second kappa shape index (κ2) is 2.96. The van der Waals surface area contributed by atoms with Crippen molar-refractivity contribution in [2.45, 2.75) is 6.92 Å². The zero-order chi connectivity index (χ0) is 9.42. The summed E-state index contributed by atoms with van der Waals surface area (Å²) in [5.41, 5.74) is 6.70. The maximum Gasteiger partial charge on any atom is 0.128 e. The van der Waals surface area contributed by atoms with E-state index < -0.39 is 0 Å². The molecule has 13 heavy (non-hydrogen) atoms. The average molecular weight is 238 g/mol. The largest absolute Gasteiger partial charge is 0.383 e. The molecule has 0 bridgehead atoms. The first kappa shape index (κ1) is 8.44. The number of hydrogen-bond acceptors (Lipinski definition) is 3. The SMILES string of the molecule is Cc1c(N)nc(Br)c2ccncc12. The molecular weight excluding hydrogens is 230 g/mol. The fraction of sp³-hybridized carbons (Fsp3) is 0.111. The number of aromatic nitrogens is 2. The van der Waals surface area contributed by atoms with E-state index in [0.29, 0.717) is 5.82 Å². The molecule has 4 heteroatoms. The van der Waals surface area contributed by atoms with Gasteiger partial charge in [-0.3, -0.25) is 4.98 Å². The number of nitrogen functional groups attached to an aromatic ring is 1. The number of fused-ring (bicyclic) bond motifs is 1. The van der Waals surface area contributed by atoms with E-state index in [2.05, 4.69) is 25.9 Å². The van der Waals surface area contributed by atoms with Crippen LogP contribution >= 0.6 is 15.9 Å². The van der Waals surface area contributed by atoms with E-state index in [1.54, 1.807) is 12.4 Å².